The third-order valence-electron chi connectivity index (χ3n) is 2.98. The van der Waals surface area contributed by atoms with Crippen LogP contribution in [0.4, 0.5) is 0 Å². The Kier molecular flexibility index (Phi) is 5.69. The van der Waals surface area contributed by atoms with Gasteiger partial charge >= 0.3 is 0 Å². The van der Waals surface area contributed by atoms with Gasteiger partial charge in [0.25, 0.3) is 5.91 Å². The van der Waals surface area contributed by atoms with Crippen molar-refractivity contribution in [2.45, 2.75) is 27.2 Å². The van der Waals surface area contributed by atoms with Crippen molar-refractivity contribution in [2.75, 3.05) is 18.4 Å². The van der Waals surface area contributed by atoms with E-state index in [-0.39, 0.29) is 5.91 Å². The van der Waals surface area contributed by atoms with Crippen molar-refractivity contribution in [1.82, 2.24) is 4.90 Å². The van der Waals surface area contributed by atoms with E-state index in [4.69, 9.17) is 0 Å². The Morgan fingerprint density at radius 3 is 2.53 bits per heavy atom. The minimum absolute atomic E-state index is 0.136. The fourth-order valence-corrected chi connectivity index (χ4v) is 1.96. The van der Waals surface area contributed by atoms with Crippen LogP contribution in [0, 0.1) is 13.8 Å². The number of hydrogen-bond donors (Lipinski definition) is 0. The molecule has 3 heteroatoms. The third-order valence-corrected chi connectivity index (χ3v) is 3.55. The van der Waals surface area contributed by atoms with Crippen LogP contribution in [0.3, 0.4) is 0 Å². The number of alkyl halides is 1. The fraction of sp³-hybridized carbons (Fsp3) is 0.500. The van der Waals surface area contributed by atoms with Crippen LogP contribution in [-0.2, 0) is 0 Å². The summed E-state index contributed by atoms with van der Waals surface area (Å²) in [6.45, 7) is 7.70. The van der Waals surface area contributed by atoms with Crippen LogP contribution in [0.15, 0.2) is 18.2 Å². The van der Waals surface area contributed by atoms with E-state index in [1.54, 1.807) is 0 Å². The lowest BCUT2D eigenvalue weighted by Gasteiger charge is -2.20. The van der Waals surface area contributed by atoms with Gasteiger partial charge in [0.2, 0.25) is 0 Å². The van der Waals surface area contributed by atoms with Crippen molar-refractivity contribution in [1.29, 1.82) is 0 Å². The molecule has 94 valence electrons. The van der Waals surface area contributed by atoms with Crippen LogP contribution >= 0.6 is 15.9 Å². The highest BCUT2D eigenvalue weighted by Crippen LogP contribution is 2.12. The van der Waals surface area contributed by atoms with E-state index < -0.39 is 0 Å². The first-order valence-corrected chi connectivity index (χ1v) is 7.14. The average Bonchev–Trinajstić information content (AvgIpc) is 2.33. The zero-order valence-corrected chi connectivity index (χ0v) is 12.4. The molecular weight excluding hydrogens is 278 g/mol. The predicted molar refractivity (Wildman–Crippen MR) is 75.9 cm³/mol. The molecule has 0 saturated heterocycles. The summed E-state index contributed by atoms with van der Waals surface area (Å²) in [6, 6.07) is 5.91. The van der Waals surface area contributed by atoms with Crippen molar-refractivity contribution < 1.29 is 4.79 Å². The van der Waals surface area contributed by atoms with Crippen molar-refractivity contribution in [3.63, 3.8) is 0 Å². The van der Waals surface area contributed by atoms with E-state index in [0.717, 1.165) is 30.4 Å². The molecule has 1 amide bonds. The summed E-state index contributed by atoms with van der Waals surface area (Å²) in [5, 5.41) is 0.934. The van der Waals surface area contributed by atoms with Gasteiger partial charge in [-0.15, -0.1) is 0 Å². The molecule has 0 aliphatic heterocycles. The van der Waals surface area contributed by atoms with Gasteiger partial charge in [0.1, 0.15) is 0 Å². The second kappa shape index (κ2) is 6.80. The first-order chi connectivity index (χ1) is 8.10. The van der Waals surface area contributed by atoms with Crippen LogP contribution in [-0.4, -0.2) is 29.2 Å². The molecule has 1 aromatic carbocycles. The summed E-state index contributed by atoms with van der Waals surface area (Å²) in [6.07, 6.45) is 0.990. The number of aryl methyl sites for hydroxylation is 2. The molecule has 0 heterocycles. The van der Waals surface area contributed by atoms with E-state index >= 15 is 0 Å². The molecule has 0 saturated carbocycles. The topological polar surface area (TPSA) is 20.3 Å². The van der Waals surface area contributed by atoms with Crippen LogP contribution in [0.25, 0.3) is 0 Å². The number of rotatable bonds is 5. The largest absolute Gasteiger partial charge is 0.339 e. The van der Waals surface area contributed by atoms with Gasteiger partial charge in [-0.3, -0.25) is 4.79 Å². The zero-order valence-electron chi connectivity index (χ0n) is 10.8. The summed E-state index contributed by atoms with van der Waals surface area (Å²) >= 11 is 3.40. The van der Waals surface area contributed by atoms with Gasteiger partial charge in [-0.1, -0.05) is 22.0 Å². The lowest BCUT2D eigenvalue weighted by molar-refractivity contribution is 0.0765. The molecule has 0 aliphatic rings. The second-order valence-electron chi connectivity index (χ2n) is 4.23. The van der Waals surface area contributed by atoms with Crippen molar-refractivity contribution in [3.05, 3.63) is 34.9 Å². The van der Waals surface area contributed by atoms with Crippen LogP contribution in [0.2, 0.25) is 0 Å². The van der Waals surface area contributed by atoms with Gasteiger partial charge in [-0.05, 0) is 50.5 Å². The van der Waals surface area contributed by atoms with Gasteiger partial charge < -0.3 is 4.90 Å². The van der Waals surface area contributed by atoms with Gasteiger partial charge in [-0.2, -0.15) is 0 Å². The number of hydrogen-bond acceptors (Lipinski definition) is 1. The Morgan fingerprint density at radius 1 is 1.29 bits per heavy atom. The van der Waals surface area contributed by atoms with E-state index in [2.05, 4.69) is 22.9 Å². The molecule has 1 rings (SSSR count). The molecule has 17 heavy (non-hydrogen) atoms. The van der Waals surface area contributed by atoms with Gasteiger partial charge in [0.05, 0.1) is 0 Å². The number of carbonyl (C=O) groups excluding carboxylic acids is 1. The number of carbonyl (C=O) groups is 1. The third kappa shape index (κ3) is 3.84. The van der Waals surface area contributed by atoms with E-state index in [9.17, 15) is 4.79 Å². The Hall–Kier alpha value is -0.830. The molecule has 0 unspecified atom stereocenters. The predicted octanol–water partition coefficient (Wildman–Crippen LogP) is 3.55. The average molecular weight is 298 g/mol. The normalized spacial score (nSPS) is 10.4. The molecule has 0 N–H and O–H groups in total. The molecule has 0 spiro atoms. The van der Waals surface area contributed by atoms with Gasteiger partial charge in [0.15, 0.2) is 0 Å². The Morgan fingerprint density at radius 2 is 2.00 bits per heavy atom. The van der Waals surface area contributed by atoms with E-state index in [1.165, 1.54) is 11.1 Å². The molecule has 2 nitrogen and oxygen atoms in total. The minimum atomic E-state index is 0.136. The zero-order chi connectivity index (χ0) is 12.8. The first kappa shape index (κ1) is 14.2. The number of benzene rings is 1. The lowest BCUT2D eigenvalue weighted by atomic mass is 10.1. The highest BCUT2D eigenvalue weighted by atomic mass is 79.9. The fourth-order valence-electron chi connectivity index (χ4n) is 1.71. The standard InChI is InChI=1S/C14H20BrNO/c1-4-16(9-5-8-15)14(17)13-7-6-11(2)12(3)10-13/h6-7,10H,4-5,8-9H2,1-3H3. The number of nitrogens with zero attached hydrogens (tertiary/aromatic N) is 1. The highest BCUT2D eigenvalue weighted by Gasteiger charge is 2.13. The summed E-state index contributed by atoms with van der Waals surface area (Å²) < 4.78 is 0. The molecular formula is C14H20BrNO. The molecule has 0 radical (unpaired) electrons. The number of halogens is 1. The quantitative estimate of drug-likeness (QED) is 0.761. The first-order valence-electron chi connectivity index (χ1n) is 6.02. The van der Waals surface area contributed by atoms with Gasteiger partial charge in [0, 0.05) is 24.0 Å². The maximum atomic E-state index is 12.3. The lowest BCUT2D eigenvalue weighted by Crippen LogP contribution is -2.32. The summed E-state index contributed by atoms with van der Waals surface area (Å²) in [7, 11) is 0. The summed E-state index contributed by atoms with van der Waals surface area (Å²) in [5.41, 5.74) is 3.20. The van der Waals surface area contributed by atoms with E-state index in [0.29, 0.717) is 0 Å². The Labute approximate surface area is 112 Å². The molecule has 0 atom stereocenters. The van der Waals surface area contributed by atoms with Crippen molar-refractivity contribution in [3.8, 4) is 0 Å². The molecule has 0 aromatic heterocycles. The molecule has 0 bridgehead atoms. The summed E-state index contributed by atoms with van der Waals surface area (Å²) in [4.78, 5) is 14.2. The molecule has 1 aromatic rings. The highest BCUT2D eigenvalue weighted by molar-refractivity contribution is 9.09. The smallest absolute Gasteiger partial charge is 0.253 e. The van der Waals surface area contributed by atoms with Gasteiger partial charge in [-0.25, -0.2) is 0 Å². The van der Waals surface area contributed by atoms with Crippen molar-refractivity contribution >= 4 is 21.8 Å². The summed E-state index contributed by atoms with van der Waals surface area (Å²) in [5.74, 6) is 0.136. The maximum absolute atomic E-state index is 12.3. The minimum Gasteiger partial charge on any atom is -0.339 e. The Bertz CT molecular complexity index is 390. The SMILES string of the molecule is CCN(CCCBr)C(=O)c1ccc(C)c(C)c1. The molecule has 0 fully saturated rings. The van der Waals surface area contributed by atoms with Crippen LogP contribution in [0.1, 0.15) is 34.8 Å². The van der Waals surface area contributed by atoms with Crippen LogP contribution in [0.5, 0.6) is 0 Å². The maximum Gasteiger partial charge on any atom is 0.253 e. The molecule has 0 aliphatic carbocycles. The Balaban J connectivity index is 2.82. The van der Waals surface area contributed by atoms with E-state index in [1.807, 2.05) is 36.9 Å². The second-order valence-corrected chi connectivity index (χ2v) is 5.02. The monoisotopic (exact) mass is 297 g/mol. The van der Waals surface area contributed by atoms with Crippen LogP contribution < -0.4 is 0 Å². The van der Waals surface area contributed by atoms with Crippen molar-refractivity contribution in [2.24, 2.45) is 0 Å². The number of amides is 1.